The molecular weight excluding hydrogens is 172 g/mol. The van der Waals surface area contributed by atoms with E-state index in [-0.39, 0.29) is 17.7 Å². The van der Waals surface area contributed by atoms with E-state index < -0.39 is 0 Å². The van der Waals surface area contributed by atoms with Gasteiger partial charge in [0.2, 0.25) is 0 Å². The monoisotopic (exact) mass is 186 g/mol. The lowest BCUT2D eigenvalue weighted by Gasteiger charge is -2.05. The third-order valence-corrected chi connectivity index (χ3v) is 2.75. The minimum Gasteiger partial charge on any atom is -0.467 e. The summed E-state index contributed by atoms with van der Waals surface area (Å²) in [4.78, 5) is 11.2. The van der Waals surface area contributed by atoms with Crippen LogP contribution in [0.25, 0.3) is 0 Å². The maximum atomic E-state index is 11.2. The highest BCUT2D eigenvalue weighted by Gasteiger charge is 2.60. The maximum Gasteiger partial charge on any atom is 0.338 e. The van der Waals surface area contributed by atoms with E-state index in [4.69, 9.17) is 9.47 Å². The lowest BCUT2D eigenvalue weighted by atomic mass is 9.96. The summed E-state index contributed by atoms with van der Waals surface area (Å²) in [6, 6.07) is 0. The third-order valence-electron chi connectivity index (χ3n) is 2.75. The average Bonchev–Trinajstić information content (AvgIpc) is 2.90. The number of hydrogen-bond donors (Lipinski definition) is 0. The Morgan fingerprint density at radius 2 is 2.31 bits per heavy atom. The highest BCUT2D eigenvalue weighted by Crippen LogP contribution is 2.45. The number of ether oxygens (including phenoxy) is 3. The molecule has 1 spiro atoms. The van der Waals surface area contributed by atoms with Gasteiger partial charge in [-0.3, -0.25) is 0 Å². The standard InChI is InChI=1S/C9H14O4/c1-11-8(10)7-9(13-7)3-2-5-12-6-4-9/h7H,2-6H2,1H3. The van der Waals surface area contributed by atoms with Gasteiger partial charge in [-0.15, -0.1) is 0 Å². The Hall–Kier alpha value is -0.610. The molecular formula is C9H14O4. The summed E-state index contributed by atoms with van der Waals surface area (Å²) in [6.07, 6.45) is 2.35. The Bertz CT molecular complexity index is 206. The first-order chi connectivity index (χ1) is 6.28. The molecule has 4 heteroatoms. The lowest BCUT2D eigenvalue weighted by molar-refractivity contribution is -0.142. The molecule has 2 saturated heterocycles. The van der Waals surface area contributed by atoms with Crippen molar-refractivity contribution in [3.63, 3.8) is 0 Å². The molecule has 4 nitrogen and oxygen atoms in total. The zero-order valence-electron chi connectivity index (χ0n) is 7.75. The van der Waals surface area contributed by atoms with Crippen molar-refractivity contribution >= 4 is 5.97 Å². The Balaban J connectivity index is 1.95. The fourth-order valence-corrected chi connectivity index (χ4v) is 1.90. The maximum absolute atomic E-state index is 11.2. The predicted octanol–water partition coefficient (Wildman–Crippen LogP) is 0.498. The van der Waals surface area contributed by atoms with Crippen LogP contribution in [-0.2, 0) is 19.0 Å². The average molecular weight is 186 g/mol. The number of carbonyl (C=O) groups excluding carboxylic acids is 1. The van der Waals surface area contributed by atoms with Gasteiger partial charge >= 0.3 is 5.97 Å². The molecule has 0 N–H and O–H groups in total. The number of epoxide rings is 1. The van der Waals surface area contributed by atoms with Gasteiger partial charge in [-0.1, -0.05) is 0 Å². The van der Waals surface area contributed by atoms with Crippen LogP contribution in [0.15, 0.2) is 0 Å². The first kappa shape index (κ1) is 8.97. The van der Waals surface area contributed by atoms with Crippen LogP contribution >= 0.6 is 0 Å². The summed E-state index contributed by atoms with van der Waals surface area (Å²) in [6.45, 7) is 1.46. The second-order valence-corrected chi connectivity index (χ2v) is 3.55. The fourth-order valence-electron chi connectivity index (χ4n) is 1.90. The normalized spacial score (nSPS) is 38.4. The highest BCUT2D eigenvalue weighted by molar-refractivity contribution is 5.79. The van der Waals surface area contributed by atoms with Crippen LogP contribution in [0, 0.1) is 0 Å². The van der Waals surface area contributed by atoms with Crippen molar-refractivity contribution < 1.29 is 19.0 Å². The van der Waals surface area contributed by atoms with Crippen LogP contribution in [0.1, 0.15) is 19.3 Å². The number of carbonyl (C=O) groups is 1. The number of rotatable bonds is 1. The van der Waals surface area contributed by atoms with Gasteiger partial charge in [-0.2, -0.15) is 0 Å². The van der Waals surface area contributed by atoms with Crippen molar-refractivity contribution in [2.24, 2.45) is 0 Å². The van der Waals surface area contributed by atoms with Gasteiger partial charge in [-0.05, 0) is 12.8 Å². The van der Waals surface area contributed by atoms with Gasteiger partial charge in [-0.25, -0.2) is 4.79 Å². The minimum absolute atomic E-state index is 0.246. The molecule has 2 fully saturated rings. The van der Waals surface area contributed by atoms with E-state index in [1.165, 1.54) is 7.11 Å². The van der Waals surface area contributed by atoms with Crippen LogP contribution < -0.4 is 0 Å². The zero-order valence-corrected chi connectivity index (χ0v) is 7.75. The molecule has 0 aromatic rings. The fraction of sp³-hybridized carbons (Fsp3) is 0.889. The molecule has 2 unspecified atom stereocenters. The van der Waals surface area contributed by atoms with Crippen LogP contribution in [0.2, 0.25) is 0 Å². The largest absolute Gasteiger partial charge is 0.467 e. The van der Waals surface area contributed by atoms with Crippen molar-refractivity contribution in [1.29, 1.82) is 0 Å². The van der Waals surface area contributed by atoms with E-state index in [0.29, 0.717) is 6.61 Å². The Morgan fingerprint density at radius 1 is 1.46 bits per heavy atom. The molecule has 0 bridgehead atoms. The summed E-state index contributed by atoms with van der Waals surface area (Å²) >= 11 is 0. The van der Waals surface area contributed by atoms with E-state index in [2.05, 4.69) is 4.74 Å². The van der Waals surface area contributed by atoms with Gasteiger partial charge in [0.1, 0.15) is 5.60 Å². The van der Waals surface area contributed by atoms with E-state index in [1.54, 1.807) is 0 Å². The molecule has 0 saturated carbocycles. The van der Waals surface area contributed by atoms with Crippen LogP contribution in [0.5, 0.6) is 0 Å². The summed E-state index contributed by atoms with van der Waals surface area (Å²) in [5.41, 5.74) is -0.246. The van der Waals surface area contributed by atoms with Crippen LogP contribution in [-0.4, -0.2) is 38.0 Å². The number of methoxy groups -OCH3 is 1. The molecule has 2 rings (SSSR count). The van der Waals surface area contributed by atoms with Gasteiger partial charge in [0.25, 0.3) is 0 Å². The third kappa shape index (κ3) is 1.56. The molecule has 2 heterocycles. The molecule has 0 aliphatic carbocycles. The minimum atomic E-state index is -0.334. The van der Waals surface area contributed by atoms with Gasteiger partial charge in [0, 0.05) is 19.6 Å². The molecule has 0 aromatic carbocycles. The molecule has 74 valence electrons. The summed E-state index contributed by atoms with van der Waals surface area (Å²) < 4.78 is 15.4. The van der Waals surface area contributed by atoms with Crippen molar-refractivity contribution in [3.8, 4) is 0 Å². The first-order valence-electron chi connectivity index (χ1n) is 4.62. The van der Waals surface area contributed by atoms with E-state index in [9.17, 15) is 4.79 Å². The van der Waals surface area contributed by atoms with E-state index >= 15 is 0 Å². The van der Waals surface area contributed by atoms with E-state index in [0.717, 1.165) is 25.9 Å². The Kier molecular flexibility index (Phi) is 2.26. The van der Waals surface area contributed by atoms with Gasteiger partial charge in [0.15, 0.2) is 6.10 Å². The molecule has 2 aliphatic heterocycles. The molecule has 0 amide bonds. The quantitative estimate of drug-likeness (QED) is 0.442. The van der Waals surface area contributed by atoms with Crippen molar-refractivity contribution in [1.82, 2.24) is 0 Å². The highest BCUT2D eigenvalue weighted by atomic mass is 16.7. The summed E-state index contributed by atoms with van der Waals surface area (Å²) in [5, 5.41) is 0. The van der Waals surface area contributed by atoms with Gasteiger partial charge in [0.05, 0.1) is 7.11 Å². The van der Waals surface area contributed by atoms with Crippen molar-refractivity contribution in [2.75, 3.05) is 20.3 Å². The van der Waals surface area contributed by atoms with Crippen LogP contribution in [0.4, 0.5) is 0 Å². The van der Waals surface area contributed by atoms with Gasteiger partial charge < -0.3 is 14.2 Å². The predicted molar refractivity (Wildman–Crippen MR) is 44.3 cm³/mol. The molecule has 0 aromatic heterocycles. The molecule has 13 heavy (non-hydrogen) atoms. The van der Waals surface area contributed by atoms with Crippen LogP contribution in [0.3, 0.4) is 0 Å². The summed E-state index contributed by atoms with van der Waals surface area (Å²) in [5.74, 6) is -0.248. The zero-order chi connectivity index (χ0) is 9.31. The first-order valence-corrected chi connectivity index (χ1v) is 4.62. The van der Waals surface area contributed by atoms with Crippen molar-refractivity contribution in [2.45, 2.75) is 31.0 Å². The Labute approximate surface area is 77.1 Å². The number of esters is 1. The number of hydrogen-bond acceptors (Lipinski definition) is 4. The second kappa shape index (κ2) is 3.27. The second-order valence-electron chi connectivity index (χ2n) is 3.55. The summed E-state index contributed by atoms with van der Waals surface area (Å²) in [7, 11) is 1.39. The molecule has 2 aliphatic rings. The lowest BCUT2D eigenvalue weighted by Crippen LogP contribution is -2.22. The molecule has 2 atom stereocenters. The topological polar surface area (TPSA) is 48.1 Å². The van der Waals surface area contributed by atoms with E-state index in [1.807, 2.05) is 0 Å². The SMILES string of the molecule is COC(=O)C1OC12CCCOCC2. The molecule has 0 radical (unpaired) electrons. The smallest absolute Gasteiger partial charge is 0.338 e. The van der Waals surface area contributed by atoms with Crippen molar-refractivity contribution in [3.05, 3.63) is 0 Å². The Morgan fingerprint density at radius 3 is 3.08 bits per heavy atom.